The van der Waals surface area contributed by atoms with Crippen molar-refractivity contribution in [2.75, 3.05) is 5.75 Å². The van der Waals surface area contributed by atoms with Crippen LogP contribution in [0.5, 0.6) is 0 Å². The Morgan fingerprint density at radius 2 is 1.79 bits per heavy atom. The van der Waals surface area contributed by atoms with Crippen molar-refractivity contribution < 1.29 is 17.6 Å². The average molecular weight is 571 g/mol. The van der Waals surface area contributed by atoms with Crippen molar-refractivity contribution >= 4 is 27.6 Å². The van der Waals surface area contributed by atoms with Gasteiger partial charge in [0, 0.05) is 46.5 Å². The van der Waals surface area contributed by atoms with Crippen LogP contribution in [0.4, 0.5) is 4.39 Å². The highest BCUT2D eigenvalue weighted by Crippen LogP contribution is 2.50. The summed E-state index contributed by atoms with van der Waals surface area (Å²) in [5.41, 5.74) is 3.19. The Morgan fingerprint density at radius 1 is 1.13 bits per heavy atom. The molecule has 0 unspecified atom stereocenters. The zero-order valence-electron chi connectivity index (χ0n) is 22.7. The van der Waals surface area contributed by atoms with E-state index in [2.05, 4.69) is 13.8 Å². The summed E-state index contributed by atoms with van der Waals surface area (Å²) in [6.45, 7) is 5.76. The number of carbonyl (C=O) groups is 1. The van der Waals surface area contributed by atoms with Gasteiger partial charge in [-0.3, -0.25) is 14.7 Å². The molecule has 0 bridgehead atoms. The molecule has 3 aromatic rings. The Hall–Kier alpha value is -2.75. The van der Waals surface area contributed by atoms with E-state index in [1.807, 2.05) is 0 Å². The van der Waals surface area contributed by atoms with Crippen molar-refractivity contribution in [1.29, 1.82) is 0 Å². The number of carbonyl (C=O) groups excluding carboxylic acids is 1. The van der Waals surface area contributed by atoms with E-state index >= 15 is 0 Å². The van der Waals surface area contributed by atoms with Gasteiger partial charge in [0.05, 0.1) is 5.75 Å². The van der Waals surface area contributed by atoms with Gasteiger partial charge in [-0.15, -0.1) is 0 Å². The molecule has 6 nitrogen and oxygen atoms in total. The quantitative estimate of drug-likeness (QED) is 0.237. The summed E-state index contributed by atoms with van der Waals surface area (Å²) < 4.78 is 39.8. The van der Waals surface area contributed by atoms with E-state index in [1.165, 1.54) is 40.8 Å². The summed E-state index contributed by atoms with van der Waals surface area (Å²) >= 11 is 1.29. The summed E-state index contributed by atoms with van der Waals surface area (Å²) in [4.78, 5) is 26.7. The zero-order valence-corrected chi connectivity index (χ0v) is 24.4. The molecule has 1 heterocycles. The predicted octanol–water partition coefficient (Wildman–Crippen LogP) is 5.63. The minimum atomic E-state index is -3.33. The molecular weight excluding hydrogens is 535 g/mol. The third-order valence-electron chi connectivity index (χ3n) is 7.43. The summed E-state index contributed by atoms with van der Waals surface area (Å²) in [6.07, 6.45) is 4.57. The van der Waals surface area contributed by atoms with Crippen molar-refractivity contribution in [3.63, 3.8) is 0 Å². The van der Waals surface area contributed by atoms with E-state index in [9.17, 15) is 22.4 Å². The first kappa shape index (κ1) is 29.2. The number of halogens is 1. The maximum Gasteiger partial charge on any atom is 0.250 e. The fraction of sp³-hybridized carbons (Fsp3) is 0.400. The minimum Gasteiger partial charge on any atom is -0.318 e. The number of nitrogens with zero attached hydrogens (tertiary/aromatic N) is 1. The van der Waals surface area contributed by atoms with Crippen LogP contribution in [0.15, 0.2) is 59.5 Å². The second kappa shape index (κ2) is 11.4. The smallest absolute Gasteiger partial charge is 0.250 e. The molecule has 208 valence electrons. The van der Waals surface area contributed by atoms with Crippen molar-refractivity contribution in [2.45, 2.75) is 56.5 Å². The van der Waals surface area contributed by atoms with E-state index < -0.39 is 15.7 Å². The van der Waals surface area contributed by atoms with Crippen molar-refractivity contribution in [2.24, 2.45) is 18.1 Å². The molecule has 1 fully saturated rings. The van der Waals surface area contributed by atoms with E-state index in [0.29, 0.717) is 33.7 Å². The number of aryl methyl sites for hydroxylation is 1. The van der Waals surface area contributed by atoms with Crippen molar-refractivity contribution in [3.8, 4) is 11.1 Å². The van der Waals surface area contributed by atoms with Crippen LogP contribution >= 0.6 is 11.9 Å². The lowest BCUT2D eigenvalue weighted by molar-refractivity contribution is 0.103. The van der Waals surface area contributed by atoms with Crippen LogP contribution in [0.2, 0.25) is 0 Å². The third kappa shape index (κ3) is 6.88. The molecule has 2 aromatic carbocycles. The molecule has 1 atom stereocenters. The van der Waals surface area contributed by atoms with Gasteiger partial charge in [0.1, 0.15) is 5.82 Å². The number of hydrogen-bond donors (Lipinski definition) is 1. The van der Waals surface area contributed by atoms with Gasteiger partial charge in [-0.1, -0.05) is 31.0 Å². The van der Waals surface area contributed by atoms with Gasteiger partial charge in [0.2, 0.25) is 0 Å². The summed E-state index contributed by atoms with van der Waals surface area (Å²) in [6, 6.07) is 12.0. The van der Waals surface area contributed by atoms with Crippen LogP contribution in [0, 0.1) is 11.7 Å². The number of aromatic nitrogens is 1. The molecule has 39 heavy (non-hydrogen) atoms. The highest BCUT2D eigenvalue weighted by Gasteiger charge is 2.38. The van der Waals surface area contributed by atoms with E-state index in [1.54, 1.807) is 44.4 Å². The van der Waals surface area contributed by atoms with Crippen LogP contribution in [0.1, 0.15) is 73.0 Å². The van der Waals surface area contributed by atoms with Crippen LogP contribution in [0.3, 0.4) is 0 Å². The Labute approximate surface area is 233 Å². The summed E-state index contributed by atoms with van der Waals surface area (Å²) in [7, 11) is -1.67. The lowest BCUT2D eigenvalue weighted by atomic mass is 9.81. The maximum absolute atomic E-state index is 13.7. The lowest BCUT2D eigenvalue weighted by Gasteiger charge is -2.30. The predicted molar refractivity (Wildman–Crippen MR) is 156 cm³/mol. The largest absolute Gasteiger partial charge is 0.318 e. The fourth-order valence-electron chi connectivity index (χ4n) is 5.00. The number of rotatable bonds is 11. The first-order valence-corrected chi connectivity index (χ1v) is 15.8. The topological polar surface area (TPSA) is 99.2 Å². The molecule has 9 heteroatoms. The first-order chi connectivity index (χ1) is 18.3. The number of hydrogen-bond acceptors (Lipinski definition) is 6. The summed E-state index contributed by atoms with van der Waals surface area (Å²) in [5, 5.41) is 6.01. The van der Waals surface area contributed by atoms with Crippen LogP contribution in [0.25, 0.3) is 11.1 Å². The minimum absolute atomic E-state index is 0.000719. The number of nitrogens with two attached hydrogens (primary N) is 1. The number of sulfone groups is 1. The number of benzene rings is 2. The standard InChI is InChI=1S/C30H35FN2O4S2/c1-5-39(36,37)18-19-6-13-23(29(35)21-9-11-22(31)12-10-21)24(14-19)27-17-33(4)28(34)15-25(27)26(20-7-8-20)16-30(2,3)38-32/h6,9-15,17,20,26H,5,7-8,16,18,32H2,1-4H3/t26-/m0/s1. The summed E-state index contributed by atoms with van der Waals surface area (Å²) in [5.74, 6) is -0.487. The molecule has 1 saturated carbocycles. The molecule has 0 spiro atoms. The van der Waals surface area contributed by atoms with Crippen LogP contribution < -0.4 is 10.7 Å². The first-order valence-electron chi connectivity index (χ1n) is 13.1. The Kier molecular flexibility index (Phi) is 8.54. The van der Waals surface area contributed by atoms with Crippen molar-refractivity contribution in [1.82, 2.24) is 4.57 Å². The molecule has 4 rings (SSSR count). The third-order valence-corrected chi connectivity index (χ3v) is 9.89. The molecule has 1 aliphatic carbocycles. The van der Waals surface area contributed by atoms with Gasteiger partial charge < -0.3 is 4.57 Å². The van der Waals surface area contributed by atoms with Gasteiger partial charge in [-0.25, -0.2) is 12.8 Å². The van der Waals surface area contributed by atoms with E-state index in [0.717, 1.165) is 24.8 Å². The van der Waals surface area contributed by atoms with Gasteiger partial charge in [-0.2, -0.15) is 0 Å². The van der Waals surface area contributed by atoms with Gasteiger partial charge in [0.15, 0.2) is 15.6 Å². The molecule has 1 aromatic heterocycles. The molecular formula is C30H35FN2O4S2. The second-order valence-corrected chi connectivity index (χ2v) is 14.7. The van der Waals surface area contributed by atoms with Crippen LogP contribution in [-0.4, -0.2) is 29.3 Å². The average Bonchev–Trinajstić information content (AvgIpc) is 3.74. The number of pyridine rings is 1. The molecule has 0 amide bonds. The Balaban J connectivity index is 1.96. The Morgan fingerprint density at radius 3 is 2.38 bits per heavy atom. The monoisotopic (exact) mass is 570 g/mol. The Bertz CT molecular complexity index is 1540. The highest BCUT2D eigenvalue weighted by molar-refractivity contribution is 7.98. The van der Waals surface area contributed by atoms with E-state index in [4.69, 9.17) is 5.14 Å². The zero-order chi connectivity index (χ0) is 28.5. The lowest BCUT2D eigenvalue weighted by Crippen LogP contribution is -2.25. The number of ketones is 1. The van der Waals surface area contributed by atoms with Crippen LogP contribution in [-0.2, 0) is 22.6 Å². The highest BCUT2D eigenvalue weighted by atomic mass is 32.2. The van der Waals surface area contributed by atoms with Gasteiger partial charge >= 0.3 is 0 Å². The fourth-order valence-corrected chi connectivity index (χ4v) is 6.17. The molecule has 1 aliphatic rings. The van der Waals surface area contributed by atoms with Crippen molar-refractivity contribution in [3.05, 3.63) is 93.2 Å². The molecule has 0 saturated heterocycles. The SMILES string of the molecule is CCS(=O)(=O)Cc1ccc(C(=O)c2ccc(F)cc2)c(-c2cn(C)c(=O)cc2[C@@H](CC(C)(C)SN)C2CC2)c1. The molecule has 0 radical (unpaired) electrons. The molecule has 0 aliphatic heterocycles. The van der Waals surface area contributed by atoms with Gasteiger partial charge in [0.25, 0.3) is 5.56 Å². The second-order valence-electron chi connectivity index (χ2n) is 11.0. The van der Waals surface area contributed by atoms with Gasteiger partial charge in [-0.05, 0) is 92.0 Å². The molecule has 2 N–H and O–H groups in total. The maximum atomic E-state index is 13.7. The normalized spacial score (nSPS) is 14.8. The van der Waals surface area contributed by atoms with E-state index in [-0.39, 0.29) is 33.5 Å².